The number of anilines is 1. The van der Waals surface area contributed by atoms with Crippen LogP contribution in [0.4, 0.5) is 5.82 Å². The van der Waals surface area contributed by atoms with Crippen molar-refractivity contribution >= 4 is 11.7 Å². The van der Waals surface area contributed by atoms with Crippen molar-refractivity contribution in [3.05, 3.63) is 77.5 Å². The summed E-state index contributed by atoms with van der Waals surface area (Å²) in [5.41, 5.74) is 3.98. The molecule has 0 atom stereocenters. The molecule has 3 aromatic rings. The lowest BCUT2D eigenvalue weighted by atomic mass is 9.97. The van der Waals surface area contributed by atoms with Crippen LogP contribution in [0.25, 0.3) is 11.4 Å². The van der Waals surface area contributed by atoms with Gasteiger partial charge in [-0.25, -0.2) is 9.97 Å². The normalized spacial score (nSPS) is 16.8. The molecule has 1 saturated heterocycles. The average molecular weight is 413 g/mol. The molecule has 0 saturated carbocycles. The number of amides is 1. The molecule has 5 heteroatoms. The zero-order valence-electron chi connectivity index (χ0n) is 18.0. The molecule has 158 valence electrons. The van der Waals surface area contributed by atoms with E-state index >= 15 is 0 Å². The highest BCUT2D eigenvalue weighted by atomic mass is 16.2. The lowest BCUT2D eigenvalue weighted by Crippen LogP contribution is -2.40. The summed E-state index contributed by atoms with van der Waals surface area (Å²) in [5, 5.41) is 0. The minimum atomic E-state index is 0.0802. The second-order valence-corrected chi connectivity index (χ2v) is 8.67. The van der Waals surface area contributed by atoms with Crippen LogP contribution in [-0.4, -0.2) is 40.4 Å². The summed E-state index contributed by atoms with van der Waals surface area (Å²) < 4.78 is 0. The topological polar surface area (TPSA) is 49.3 Å². The third kappa shape index (κ3) is 4.05. The number of hydrogen-bond donors (Lipinski definition) is 0. The van der Waals surface area contributed by atoms with Gasteiger partial charge in [0, 0.05) is 42.7 Å². The maximum Gasteiger partial charge on any atom is 0.254 e. The Labute approximate surface area is 183 Å². The van der Waals surface area contributed by atoms with E-state index in [0.29, 0.717) is 13.1 Å². The van der Waals surface area contributed by atoms with Crippen LogP contribution in [0.5, 0.6) is 0 Å². The van der Waals surface area contributed by atoms with Crippen LogP contribution in [-0.2, 0) is 13.0 Å². The third-order valence-corrected chi connectivity index (χ3v) is 6.46. The van der Waals surface area contributed by atoms with Crippen molar-refractivity contribution in [1.82, 2.24) is 14.9 Å². The summed E-state index contributed by atoms with van der Waals surface area (Å²) in [5.74, 6) is 2.63. The summed E-state index contributed by atoms with van der Waals surface area (Å²) in [4.78, 5) is 27.4. The van der Waals surface area contributed by atoms with E-state index in [1.807, 2.05) is 53.4 Å². The monoisotopic (exact) mass is 412 g/mol. The van der Waals surface area contributed by atoms with Crippen LogP contribution < -0.4 is 4.90 Å². The molecule has 5 rings (SSSR count). The number of rotatable bonds is 3. The number of carbonyl (C=O) groups is 1. The fourth-order valence-corrected chi connectivity index (χ4v) is 4.53. The van der Waals surface area contributed by atoms with Gasteiger partial charge in [-0.05, 0) is 30.9 Å². The first-order valence-electron chi connectivity index (χ1n) is 11.2. The Balaban J connectivity index is 1.52. The highest BCUT2D eigenvalue weighted by molar-refractivity contribution is 5.94. The lowest BCUT2D eigenvalue weighted by molar-refractivity contribution is 0.0733. The van der Waals surface area contributed by atoms with Gasteiger partial charge in [0.1, 0.15) is 5.82 Å². The molecule has 0 aliphatic carbocycles. The highest BCUT2D eigenvalue weighted by Gasteiger charge is 2.29. The predicted octanol–water partition coefficient (Wildman–Crippen LogP) is 4.58. The summed E-state index contributed by atoms with van der Waals surface area (Å²) in [6.45, 7) is 5.58. The van der Waals surface area contributed by atoms with E-state index in [0.717, 1.165) is 59.5 Å². The largest absolute Gasteiger partial charge is 0.356 e. The van der Waals surface area contributed by atoms with E-state index in [2.05, 4.69) is 24.0 Å². The van der Waals surface area contributed by atoms with Crippen molar-refractivity contribution < 1.29 is 4.79 Å². The minimum Gasteiger partial charge on any atom is -0.356 e. The van der Waals surface area contributed by atoms with Crippen LogP contribution in [0.2, 0.25) is 0 Å². The molecule has 2 aromatic carbocycles. The number of carbonyl (C=O) groups excluding carboxylic acids is 1. The summed E-state index contributed by atoms with van der Waals surface area (Å²) in [7, 11) is 0. The predicted molar refractivity (Wildman–Crippen MR) is 123 cm³/mol. The second-order valence-electron chi connectivity index (χ2n) is 8.67. The molecule has 0 bridgehead atoms. The Morgan fingerprint density at radius 2 is 1.58 bits per heavy atom. The van der Waals surface area contributed by atoms with E-state index in [9.17, 15) is 4.79 Å². The van der Waals surface area contributed by atoms with E-state index in [-0.39, 0.29) is 5.91 Å². The van der Waals surface area contributed by atoms with Crippen molar-refractivity contribution in [2.45, 2.75) is 32.7 Å². The van der Waals surface area contributed by atoms with Gasteiger partial charge in [-0.1, -0.05) is 55.5 Å². The third-order valence-electron chi connectivity index (χ3n) is 6.46. The van der Waals surface area contributed by atoms with Gasteiger partial charge in [0.2, 0.25) is 0 Å². The number of benzene rings is 2. The fraction of sp³-hybridized carbons (Fsp3) is 0.346. The van der Waals surface area contributed by atoms with Gasteiger partial charge in [-0.2, -0.15) is 0 Å². The van der Waals surface area contributed by atoms with Crippen LogP contribution in [0.15, 0.2) is 60.7 Å². The zero-order valence-corrected chi connectivity index (χ0v) is 18.0. The number of hydrogen-bond acceptors (Lipinski definition) is 4. The van der Waals surface area contributed by atoms with Gasteiger partial charge >= 0.3 is 0 Å². The molecule has 31 heavy (non-hydrogen) atoms. The molecule has 2 aliphatic rings. The van der Waals surface area contributed by atoms with Gasteiger partial charge in [-0.3, -0.25) is 4.79 Å². The Morgan fingerprint density at radius 1 is 0.903 bits per heavy atom. The molecule has 0 unspecified atom stereocenters. The Morgan fingerprint density at radius 3 is 2.29 bits per heavy atom. The molecule has 3 heterocycles. The van der Waals surface area contributed by atoms with E-state index in [1.165, 1.54) is 12.8 Å². The van der Waals surface area contributed by atoms with Crippen molar-refractivity contribution in [1.29, 1.82) is 0 Å². The minimum absolute atomic E-state index is 0.0802. The van der Waals surface area contributed by atoms with Crippen LogP contribution >= 0.6 is 0 Å². The molecule has 1 fully saturated rings. The highest BCUT2D eigenvalue weighted by Crippen LogP contribution is 2.32. The van der Waals surface area contributed by atoms with Crippen LogP contribution in [0, 0.1) is 5.92 Å². The average Bonchev–Trinajstić information content (AvgIpc) is 2.84. The molecule has 1 amide bonds. The molecule has 0 spiro atoms. The van der Waals surface area contributed by atoms with Crippen molar-refractivity contribution in [2.75, 3.05) is 24.5 Å². The molecule has 5 nitrogen and oxygen atoms in total. The standard InChI is InChI=1S/C26H28N4O/c1-19-12-15-29(16-13-19)25-22-18-30(26(31)21-10-6-3-7-11-21)17-14-23(22)27-24(28-25)20-8-4-2-5-9-20/h2-11,19H,12-18H2,1H3. The maximum atomic E-state index is 13.1. The van der Waals surface area contributed by atoms with Crippen LogP contribution in [0.3, 0.4) is 0 Å². The fourth-order valence-electron chi connectivity index (χ4n) is 4.53. The molecule has 1 aromatic heterocycles. The molecular weight excluding hydrogens is 384 g/mol. The second kappa shape index (κ2) is 8.50. The summed E-state index contributed by atoms with van der Waals surface area (Å²) in [6.07, 6.45) is 3.10. The van der Waals surface area contributed by atoms with Crippen molar-refractivity contribution in [3.63, 3.8) is 0 Å². The molecule has 2 aliphatic heterocycles. The van der Waals surface area contributed by atoms with Crippen molar-refractivity contribution in [2.24, 2.45) is 5.92 Å². The summed E-state index contributed by atoms with van der Waals surface area (Å²) in [6, 6.07) is 19.8. The Bertz CT molecular complexity index is 1060. The van der Waals surface area contributed by atoms with Crippen LogP contribution in [0.1, 0.15) is 41.4 Å². The SMILES string of the molecule is CC1CCN(c2nc(-c3ccccc3)nc3c2CN(C(=O)c2ccccc2)CC3)CC1. The maximum absolute atomic E-state index is 13.1. The molecule has 0 N–H and O–H groups in total. The van der Waals surface area contributed by atoms with Gasteiger partial charge in [0.15, 0.2) is 5.82 Å². The van der Waals surface area contributed by atoms with E-state index < -0.39 is 0 Å². The number of piperidine rings is 1. The molecular formula is C26H28N4O. The first-order chi connectivity index (χ1) is 15.2. The van der Waals surface area contributed by atoms with E-state index in [4.69, 9.17) is 9.97 Å². The first kappa shape index (κ1) is 19.7. The number of nitrogens with zero attached hydrogens (tertiary/aromatic N) is 4. The Kier molecular flexibility index (Phi) is 5.41. The number of aromatic nitrogens is 2. The van der Waals surface area contributed by atoms with Crippen molar-refractivity contribution in [3.8, 4) is 11.4 Å². The Hall–Kier alpha value is -3.21. The molecule has 0 radical (unpaired) electrons. The first-order valence-corrected chi connectivity index (χ1v) is 11.2. The number of fused-ring (bicyclic) bond motifs is 1. The van der Waals surface area contributed by atoms with Gasteiger partial charge in [-0.15, -0.1) is 0 Å². The van der Waals surface area contributed by atoms with Gasteiger partial charge in [0.25, 0.3) is 5.91 Å². The smallest absolute Gasteiger partial charge is 0.254 e. The van der Waals surface area contributed by atoms with Gasteiger partial charge in [0.05, 0.1) is 12.2 Å². The quantitative estimate of drug-likeness (QED) is 0.632. The zero-order chi connectivity index (χ0) is 21.2. The van der Waals surface area contributed by atoms with E-state index in [1.54, 1.807) is 0 Å². The summed E-state index contributed by atoms with van der Waals surface area (Å²) >= 11 is 0. The van der Waals surface area contributed by atoms with Gasteiger partial charge < -0.3 is 9.80 Å². The lowest BCUT2D eigenvalue weighted by Gasteiger charge is -2.36.